The summed E-state index contributed by atoms with van der Waals surface area (Å²) < 4.78 is 0. The van der Waals surface area contributed by atoms with Gasteiger partial charge in [-0.1, -0.05) is 12.2 Å². The van der Waals surface area contributed by atoms with E-state index in [0.29, 0.717) is 0 Å². The molecule has 0 spiro atoms. The molecular formula is C11H13N2. The van der Waals surface area contributed by atoms with E-state index < -0.39 is 0 Å². The molecule has 0 aromatic carbocycles. The van der Waals surface area contributed by atoms with Crippen LogP contribution >= 0.6 is 0 Å². The minimum absolute atomic E-state index is 0.729. The van der Waals surface area contributed by atoms with Gasteiger partial charge in [-0.05, 0) is 18.1 Å². The van der Waals surface area contributed by atoms with Gasteiger partial charge in [0.25, 0.3) is 0 Å². The third-order valence-corrected chi connectivity index (χ3v) is 1.64. The Balaban J connectivity index is 2.77. The molecule has 67 valence electrons. The van der Waals surface area contributed by atoms with Gasteiger partial charge in [0.15, 0.2) is 0 Å². The van der Waals surface area contributed by atoms with E-state index in [4.69, 9.17) is 0 Å². The van der Waals surface area contributed by atoms with Crippen LogP contribution in [0.3, 0.4) is 0 Å². The molecule has 1 rings (SSSR count). The van der Waals surface area contributed by atoms with Crippen molar-refractivity contribution in [3.05, 3.63) is 49.3 Å². The van der Waals surface area contributed by atoms with Gasteiger partial charge in [-0.3, -0.25) is 4.98 Å². The lowest BCUT2D eigenvalue weighted by Gasteiger charge is -2.06. The number of hydrogen-bond acceptors (Lipinski definition) is 2. The SMILES string of the molecule is C=CCNc1[c]nccc1CC=C. The lowest BCUT2D eigenvalue weighted by Crippen LogP contribution is -2.01. The monoisotopic (exact) mass is 173 g/mol. The molecule has 0 aliphatic heterocycles. The van der Waals surface area contributed by atoms with Crippen LogP contribution in [0, 0.1) is 6.20 Å². The van der Waals surface area contributed by atoms with E-state index >= 15 is 0 Å². The number of aromatic nitrogens is 1. The number of hydrogen-bond donors (Lipinski definition) is 1. The van der Waals surface area contributed by atoms with E-state index in [1.807, 2.05) is 12.1 Å². The van der Waals surface area contributed by atoms with Crippen molar-refractivity contribution in [1.29, 1.82) is 0 Å². The van der Waals surface area contributed by atoms with Crippen molar-refractivity contribution in [2.45, 2.75) is 6.42 Å². The number of pyridine rings is 1. The molecule has 1 N–H and O–H groups in total. The first-order chi connectivity index (χ1) is 6.38. The molecule has 0 saturated heterocycles. The number of rotatable bonds is 5. The normalized spacial score (nSPS) is 9.23. The fraction of sp³-hybridized carbons (Fsp3) is 0.182. The fourth-order valence-corrected chi connectivity index (χ4v) is 1.04. The summed E-state index contributed by atoms with van der Waals surface area (Å²) in [6.07, 6.45) is 9.13. The Morgan fingerprint density at radius 3 is 3.00 bits per heavy atom. The Morgan fingerprint density at radius 1 is 1.46 bits per heavy atom. The molecule has 2 heteroatoms. The second-order valence-electron chi connectivity index (χ2n) is 2.62. The van der Waals surface area contributed by atoms with Crippen molar-refractivity contribution in [2.75, 3.05) is 11.9 Å². The average molecular weight is 173 g/mol. The molecule has 1 heterocycles. The molecule has 2 nitrogen and oxygen atoms in total. The molecule has 1 radical (unpaired) electrons. The molecule has 1 aromatic rings. The third-order valence-electron chi connectivity index (χ3n) is 1.64. The fourth-order valence-electron chi connectivity index (χ4n) is 1.04. The maximum Gasteiger partial charge on any atom is 0.114 e. The number of nitrogens with one attached hydrogen (secondary N) is 1. The maximum atomic E-state index is 3.92. The summed E-state index contributed by atoms with van der Waals surface area (Å²) in [7, 11) is 0. The van der Waals surface area contributed by atoms with Crippen LogP contribution in [0.1, 0.15) is 5.56 Å². The van der Waals surface area contributed by atoms with Crippen LogP contribution < -0.4 is 5.32 Å². The van der Waals surface area contributed by atoms with Crippen LogP contribution in [0.2, 0.25) is 0 Å². The summed E-state index contributed by atoms with van der Waals surface area (Å²) >= 11 is 0. The molecule has 0 unspecified atom stereocenters. The Morgan fingerprint density at radius 2 is 2.31 bits per heavy atom. The molecule has 0 saturated carbocycles. The predicted octanol–water partition coefficient (Wildman–Crippen LogP) is 2.21. The lowest BCUT2D eigenvalue weighted by atomic mass is 10.1. The smallest absolute Gasteiger partial charge is 0.114 e. The average Bonchev–Trinajstić information content (AvgIpc) is 2.17. The van der Waals surface area contributed by atoms with E-state index in [9.17, 15) is 0 Å². The van der Waals surface area contributed by atoms with Gasteiger partial charge in [-0.15, -0.1) is 13.2 Å². The number of anilines is 1. The van der Waals surface area contributed by atoms with Crippen LogP contribution in [-0.2, 0) is 6.42 Å². The minimum atomic E-state index is 0.729. The largest absolute Gasteiger partial charge is 0.380 e. The van der Waals surface area contributed by atoms with E-state index in [2.05, 4.69) is 29.7 Å². The minimum Gasteiger partial charge on any atom is -0.380 e. The van der Waals surface area contributed by atoms with Gasteiger partial charge in [0.05, 0.1) is 5.69 Å². The Hall–Kier alpha value is -1.57. The van der Waals surface area contributed by atoms with Crippen LogP contribution in [-0.4, -0.2) is 11.5 Å². The molecule has 0 amide bonds. The molecule has 0 aliphatic carbocycles. The standard InChI is InChI=1S/C11H13N2/c1-3-5-10-6-8-12-9-11(10)13-7-4-2/h3-4,6,8,13H,1-2,5,7H2. The highest BCUT2D eigenvalue weighted by molar-refractivity contribution is 5.49. The van der Waals surface area contributed by atoms with E-state index in [1.165, 1.54) is 0 Å². The zero-order valence-corrected chi connectivity index (χ0v) is 7.59. The molecule has 0 atom stereocenters. The zero-order chi connectivity index (χ0) is 9.52. The van der Waals surface area contributed by atoms with Crippen LogP contribution in [0.4, 0.5) is 5.69 Å². The van der Waals surface area contributed by atoms with Crippen LogP contribution in [0.25, 0.3) is 0 Å². The third kappa shape index (κ3) is 2.75. The van der Waals surface area contributed by atoms with Gasteiger partial charge in [0.1, 0.15) is 6.20 Å². The van der Waals surface area contributed by atoms with Crippen molar-refractivity contribution in [2.24, 2.45) is 0 Å². The Labute approximate surface area is 79.0 Å². The van der Waals surface area contributed by atoms with Gasteiger partial charge in [0, 0.05) is 12.7 Å². The number of allylic oxidation sites excluding steroid dienone is 1. The zero-order valence-electron chi connectivity index (χ0n) is 7.59. The van der Waals surface area contributed by atoms with E-state index in [0.717, 1.165) is 24.2 Å². The van der Waals surface area contributed by atoms with Crippen molar-refractivity contribution < 1.29 is 0 Å². The molecule has 0 bridgehead atoms. The second kappa shape index (κ2) is 5.14. The summed E-state index contributed by atoms with van der Waals surface area (Å²) in [5.74, 6) is 0. The Bertz CT molecular complexity index is 292. The van der Waals surface area contributed by atoms with Gasteiger partial charge >= 0.3 is 0 Å². The first kappa shape index (κ1) is 9.52. The van der Waals surface area contributed by atoms with Gasteiger partial charge in [-0.2, -0.15) is 0 Å². The summed E-state index contributed by atoms with van der Waals surface area (Å²) in [4.78, 5) is 3.92. The van der Waals surface area contributed by atoms with Gasteiger partial charge in [-0.25, -0.2) is 0 Å². The van der Waals surface area contributed by atoms with Crippen molar-refractivity contribution in [3.63, 3.8) is 0 Å². The quantitative estimate of drug-likeness (QED) is 0.690. The predicted molar refractivity (Wildman–Crippen MR) is 55.7 cm³/mol. The van der Waals surface area contributed by atoms with E-state index in [-0.39, 0.29) is 0 Å². The van der Waals surface area contributed by atoms with Crippen LogP contribution in [0.5, 0.6) is 0 Å². The number of nitrogens with zero attached hydrogens (tertiary/aromatic N) is 1. The summed E-state index contributed by atoms with van der Waals surface area (Å²) in [6.45, 7) is 8.06. The van der Waals surface area contributed by atoms with Gasteiger partial charge in [0.2, 0.25) is 0 Å². The van der Waals surface area contributed by atoms with Crippen LogP contribution in [0.15, 0.2) is 37.6 Å². The second-order valence-corrected chi connectivity index (χ2v) is 2.62. The molecule has 13 heavy (non-hydrogen) atoms. The van der Waals surface area contributed by atoms with Gasteiger partial charge < -0.3 is 5.32 Å². The first-order valence-electron chi connectivity index (χ1n) is 4.19. The molecular weight excluding hydrogens is 160 g/mol. The highest BCUT2D eigenvalue weighted by Gasteiger charge is 1.98. The van der Waals surface area contributed by atoms with E-state index in [1.54, 1.807) is 12.3 Å². The highest BCUT2D eigenvalue weighted by Crippen LogP contribution is 2.12. The molecule has 0 aliphatic rings. The summed E-state index contributed by atoms with van der Waals surface area (Å²) in [5.41, 5.74) is 2.09. The van der Waals surface area contributed by atoms with Crippen molar-refractivity contribution in [1.82, 2.24) is 4.98 Å². The molecule has 0 fully saturated rings. The van der Waals surface area contributed by atoms with Crippen molar-refractivity contribution in [3.8, 4) is 0 Å². The summed E-state index contributed by atoms with van der Waals surface area (Å²) in [6, 6.07) is 1.96. The summed E-state index contributed by atoms with van der Waals surface area (Å²) in [5, 5.41) is 3.16. The highest BCUT2D eigenvalue weighted by atomic mass is 14.9. The lowest BCUT2D eigenvalue weighted by molar-refractivity contribution is 1.18. The van der Waals surface area contributed by atoms with Crippen molar-refractivity contribution >= 4 is 5.69 Å². The molecule has 1 aromatic heterocycles. The maximum absolute atomic E-state index is 3.92. The first-order valence-corrected chi connectivity index (χ1v) is 4.19. The Kier molecular flexibility index (Phi) is 3.76. The topological polar surface area (TPSA) is 24.9 Å².